The SMILES string of the molecule is CC(=O)c1ccc(S(=O)(=O)N(C)CC(=O)Oc2c(C)ccc(C)c2C)cc1. The van der Waals surface area contributed by atoms with Crippen molar-refractivity contribution in [1.82, 2.24) is 4.31 Å². The van der Waals surface area contributed by atoms with Crippen molar-refractivity contribution in [2.75, 3.05) is 13.6 Å². The topological polar surface area (TPSA) is 80.8 Å². The number of hydrogen-bond donors (Lipinski definition) is 0. The lowest BCUT2D eigenvalue weighted by atomic mass is 10.1. The van der Waals surface area contributed by atoms with Crippen LogP contribution in [-0.2, 0) is 14.8 Å². The fourth-order valence-corrected chi connectivity index (χ4v) is 3.65. The molecule has 0 aliphatic heterocycles. The molecule has 0 bridgehead atoms. The van der Waals surface area contributed by atoms with Crippen LogP contribution in [0.4, 0.5) is 0 Å². The van der Waals surface area contributed by atoms with Gasteiger partial charge in [-0.3, -0.25) is 9.59 Å². The molecule has 0 aliphatic carbocycles. The maximum atomic E-state index is 12.6. The van der Waals surface area contributed by atoms with E-state index in [2.05, 4.69) is 0 Å². The highest BCUT2D eigenvalue weighted by Crippen LogP contribution is 2.26. The predicted molar refractivity (Wildman–Crippen MR) is 103 cm³/mol. The van der Waals surface area contributed by atoms with Gasteiger partial charge in [0, 0.05) is 12.6 Å². The number of likely N-dealkylation sites (N-methyl/N-ethyl adjacent to an activating group) is 1. The van der Waals surface area contributed by atoms with E-state index in [1.165, 1.54) is 38.2 Å². The monoisotopic (exact) mass is 389 g/mol. The lowest BCUT2D eigenvalue weighted by Gasteiger charge is -2.18. The van der Waals surface area contributed by atoms with Gasteiger partial charge in [-0.1, -0.05) is 24.3 Å². The van der Waals surface area contributed by atoms with Crippen molar-refractivity contribution in [3.63, 3.8) is 0 Å². The highest BCUT2D eigenvalue weighted by atomic mass is 32.2. The third-order valence-electron chi connectivity index (χ3n) is 4.41. The Hall–Kier alpha value is -2.51. The van der Waals surface area contributed by atoms with E-state index >= 15 is 0 Å². The van der Waals surface area contributed by atoms with Gasteiger partial charge in [0.1, 0.15) is 12.3 Å². The third-order valence-corrected chi connectivity index (χ3v) is 6.23. The molecule has 2 aromatic carbocycles. The summed E-state index contributed by atoms with van der Waals surface area (Å²) in [6, 6.07) is 9.37. The minimum atomic E-state index is -3.88. The molecule has 27 heavy (non-hydrogen) atoms. The fraction of sp³-hybridized carbons (Fsp3) is 0.300. The maximum Gasteiger partial charge on any atom is 0.326 e. The number of carbonyl (C=O) groups excluding carboxylic acids is 2. The molecule has 0 unspecified atom stereocenters. The molecule has 0 fully saturated rings. The summed E-state index contributed by atoms with van der Waals surface area (Å²) in [7, 11) is -2.57. The number of nitrogens with zero attached hydrogens (tertiary/aromatic N) is 1. The van der Waals surface area contributed by atoms with Gasteiger partial charge in [0.05, 0.1) is 4.90 Å². The van der Waals surface area contributed by atoms with E-state index in [0.717, 1.165) is 21.0 Å². The molecule has 0 heterocycles. The summed E-state index contributed by atoms with van der Waals surface area (Å²) in [6.07, 6.45) is 0. The van der Waals surface area contributed by atoms with E-state index in [4.69, 9.17) is 4.74 Å². The Bertz CT molecular complexity index is 978. The molecule has 2 aromatic rings. The fourth-order valence-electron chi connectivity index (χ4n) is 2.54. The quantitative estimate of drug-likeness (QED) is 0.431. The molecule has 2 rings (SSSR count). The summed E-state index contributed by atoms with van der Waals surface area (Å²) in [4.78, 5) is 23.6. The summed E-state index contributed by atoms with van der Waals surface area (Å²) in [5.74, 6) is -0.366. The highest BCUT2D eigenvalue weighted by molar-refractivity contribution is 7.89. The van der Waals surface area contributed by atoms with Crippen LogP contribution in [0.5, 0.6) is 5.75 Å². The van der Waals surface area contributed by atoms with Gasteiger partial charge < -0.3 is 4.74 Å². The van der Waals surface area contributed by atoms with Gasteiger partial charge in [-0.05, 0) is 56.5 Å². The molecule has 0 saturated heterocycles. The highest BCUT2D eigenvalue weighted by Gasteiger charge is 2.24. The number of benzene rings is 2. The number of sulfonamides is 1. The van der Waals surface area contributed by atoms with E-state index in [9.17, 15) is 18.0 Å². The van der Waals surface area contributed by atoms with Crippen LogP contribution in [0, 0.1) is 20.8 Å². The number of ether oxygens (including phenoxy) is 1. The summed E-state index contributed by atoms with van der Waals surface area (Å²) in [5.41, 5.74) is 3.04. The number of rotatable bonds is 6. The second kappa shape index (κ2) is 8.02. The van der Waals surface area contributed by atoms with Crippen LogP contribution < -0.4 is 4.74 Å². The van der Waals surface area contributed by atoms with Crippen molar-refractivity contribution in [3.8, 4) is 5.75 Å². The minimum Gasteiger partial charge on any atom is -0.425 e. The van der Waals surface area contributed by atoms with Crippen molar-refractivity contribution in [1.29, 1.82) is 0 Å². The molecule has 0 aromatic heterocycles. The molecule has 0 spiro atoms. The number of esters is 1. The summed E-state index contributed by atoms with van der Waals surface area (Å²) < 4.78 is 31.6. The Labute approximate surface area is 159 Å². The van der Waals surface area contributed by atoms with Crippen molar-refractivity contribution < 1.29 is 22.7 Å². The van der Waals surface area contributed by atoms with Crippen LogP contribution in [0.3, 0.4) is 0 Å². The first kappa shape index (κ1) is 20.8. The molecular weight excluding hydrogens is 366 g/mol. The van der Waals surface area contributed by atoms with Crippen molar-refractivity contribution in [2.24, 2.45) is 0 Å². The van der Waals surface area contributed by atoms with Crippen molar-refractivity contribution in [3.05, 3.63) is 58.7 Å². The molecule has 0 saturated carbocycles. The number of carbonyl (C=O) groups is 2. The van der Waals surface area contributed by atoms with Crippen LogP contribution in [-0.4, -0.2) is 38.1 Å². The Morgan fingerprint density at radius 2 is 1.52 bits per heavy atom. The normalized spacial score (nSPS) is 11.5. The van der Waals surface area contributed by atoms with E-state index in [0.29, 0.717) is 11.3 Å². The van der Waals surface area contributed by atoms with Gasteiger partial charge in [0.2, 0.25) is 10.0 Å². The molecule has 0 amide bonds. The third kappa shape index (κ3) is 4.61. The summed E-state index contributed by atoms with van der Waals surface area (Å²) in [6.45, 7) is 6.56. The van der Waals surface area contributed by atoms with Gasteiger partial charge in [-0.2, -0.15) is 4.31 Å². The Balaban J connectivity index is 2.16. The zero-order valence-corrected chi connectivity index (χ0v) is 16.9. The van der Waals surface area contributed by atoms with Gasteiger partial charge in [0.15, 0.2) is 5.78 Å². The lowest BCUT2D eigenvalue weighted by Crippen LogP contribution is -2.34. The van der Waals surface area contributed by atoms with Crippen LogP contribution in [0.1, 0.15) is 34.0 Å². The Morgan fingerprint density at radius 3 is 2.07 bits per heavy atom. The summed E-state index contributed by atoms with van der Waals surface area (Å²) in [5, 5.41) is 0. The van der Waals surface area contributed by atoms with Gasteiger partial charge in [-0.25, -0.2) is 8.42 Å². The smallest absolute Gasteiger partial charge is 0.326 e. The molecular formula is C20H23NO5S. The number of hydrogen-bond acceptors (Lipinski definition) is 5. The molecule has 0 radical (unpaired) electrons. The average molecular weight is 389 g/mol. The maximum absolute atomic E-state index is 12.6. The molecule has 7 heteroatoms. The molecule has 0 atom stereocenters. The van der Waals surface area contributed by atoms with Crippen molar-refractivity contribution >= 4 is 21.8 Å². The van der Waals surface area contributed by atoms with E-state index < -0.39 is 22.5 Å². The number of aryl methyl sites for hydroxylation is 2. The Morgan fingerprint density at radius 1 is 0.963 bits per heavy atom. The second-order valence-electron chi connectivity index (χ2n) is 6.47. The van der Waals surface area contributed by atoms with Gasteiger partial charge in [0.25, 0.3) is 0 Å². The zero-order chi connectivity index (χ0) is 20.4. The average Bonchev–Trinajstić information content (AvgIpc) is 2.62. The van der Waals surface area contributed by atoms with Crippen molar-refractivity contribution in [2.45, 2.75) is 32.6 Å². The predicted octanol–water partition coefficient (Wildman–Crippen LogP) is 3.04. The van der Waals surface area contributed by atoms with Gasteiger partial charge in [-0.15, -0.1) is 0 Å². The first-order chi connectivity index (χ1) is 12.5. The number of ketones is 1. The Kier molecular flexibility index (Phi) is 6.18. The molecule has 6 nitrogen and oxygen atoms in total. The first-order valence-corrected chi connectivity index (χ1v) is 9.83. The van der Waals surface area contributed by atoms with Gasteiger partial charge >= 0.3 is 5.97 Å². The second-order valence-corrected chi connectivity index (χ2v) is 8.51. The van der Waals surface area contributed by atoms with Crippen LogP contribution in [0.2, 0.25) is 0 Å². The molecule has 0 aliphatic rings. The molecule has 144 valence electrons. The zero-order valence-electron chi connectivity index (χ0n) is 16.1. The van der Waals surface area contributed by atoms with Crippen LogP contribution in [0.15, 0.2) is 41.3 Å². The van der Waals surface area contributed by atoms with E-state index in [1.807, 2.05) is 32.9 Å². The first-order valence-electron chi connectivity index (χ1n) is 8.39. The minimum absolute atomic E-state index is 0.00529. The largest absolute Gasteiger partial charge is 0.425 e. The summed E-state index contributed by atoms with van der Waals surface area (Å²) >= 11 is 0. The standard InChI is InChI=1S/C20H23NO5S/c1-13-6-7-14(2)20(15(13)3)26-19(23)12-21(5)27(24,25)18-10-8-17(9-11-18)16(4)22/h6-11H,12H2,1-5H3. The number of Topliss-reactive ketones (excluding diaryl/α,β-unsaturated/α-hetero) is 1. The van der Waals surface area contributed by atoms with E-state index in [-0.39, 0.29) is 10.7 Å². The van der Waals surface area contributed by atoms with Crippen LogP contribution in [0.25, 0.3) is 0 Å². The van der Waals surface area contributed by atoms with Crippen LogP contribution >= 0.6 is 0 Å². The van der Waals surface area contributed by atoms with E-state index in [1.54, 1.807) is 0 Å². The molecule has 0 N–H and O–H groups in total. The lowest BCUT2D eigenvalue weighted by molar-refractivity contribution is -0.134.